The van der Waals surface area contributed by atoms with E-state index >= 15 is 0 Å². The molecule has 24 heavy (non-hydrogen) atoms. The number of halogens is 1. The Morgan fingerprint density at radius 1 is 0.917 bits per heavy atom. The number of carbonyl (C=O) groups is 2. The molecule has 0 unspecified atom stereocenters. The SMILES string of the molecule is COc1ccccc1NC(=O)C(C)(C)C(=O)Nc1ccccc1F. The molecule has 0 saturated heterocycles. The largest absolute Gasteiger partial charge is 0.495 e. The molecule has 0 bridgehead atoms. The molecule has 126 valence electrons. The van der Waals surface area contributed by atoms with Crippen molar-refractivity contribution in [1.82, 2.24) is 0 Å². The van der Waals surface area contributed by atoms with Crippen LogP contribution in [0.1, 0.15) is 13.8 Å². The zero-order chi connectivity index (χ0) is 17.7. The summed E-state index contributed by atoms with van der Waals surface area (Å²) in [6, 6.07) is 12.7. The molecule has 0 aliphatic rings. The molecule has 2 amide bonds. The van der Waals surface area contributed by atoms with E-state index in [-0.39, 0.29) is 5.69 Å². The van der Waals surface area contributed by atoms with E-state index in [4.69, 9.17) is 4.74 Å². The highest BCUT2D eigenvalue weighted by Crippen LogP contribution is 2.27. The molecule has 2 N–H and O–H groups in total. The van der Waals surface area contributed by atoms with E-state index in [1.807, 2.05) is 0 Å². The molecule has 5 nitrogen and oxygen atoms in total. The van der Waals surface area contributed by atoms with E-state index in [0.29, 0.717) is 11.4 Å². The Morgan fingerprint density at radius 2 is 1.42 bits per heavy atom. The third kappa shape index (κ3) is 3.71. The van der Waals surface area contributed by atoms with Crippen molar-refractivity contribution >= 4 is 23.2 Å². The lowest BCUT2D eigenvalue weighted by molar-refractivity contribution is -0.135. The number of carbonyl (C=O) groups excluding carboxylic acids is 2. The molecule has 0 saturated carbocycles. The number of anilines is 2. The number of nitrogens with one attached hydrogen (secondary N) is 2. The lowest BCUT2D eigenvalue weighted by Gasteiger charge is -2.23. The van der Waals surface area contributed by atoms with Gasteiger partial charge in [0.2, 0.25) is 11.8 Å². The highest BCUT2D eigenvalue weighted by molar-refractivity contribution is 6.14. The Balaban J connectivity index is 2.15. The van der Waals surface area contributed by atoms with E-state index in [0.717, 1.165) is 0 Å². The first-order valence-electron chi connectivity index (χ1n) is 7.36. The third-order valence-corrected chi connectivity index (χ3v) is 3.61. The maximum Gasteiger partial charge on any atom is 0.239 e. The second kappa shape index (κ2) is 7.12. The van der Waals surface area contributed by atoms with Crippen LogP contribution in [0.3, 0.4) is 0 Å². The van der Waals surface area contributed by atoms with E-state index < -0.39 is 23.0 Å². The molecule has 2 aromatic carbocycles. The molecule has 0 radical (unpaired) electrons. The standard InChI is InChI=1S/C18H19FN2O3/c1-18(2,16(22)20-13-9-5-4-8-12(13)19)17(23)21-14-10-6-7-11-15(14)24-3/h4-11H,1-3H3,(H,20,22)(H,21,23). The molecule has 0 spiro atoms. The lowest BCUT2D eigenvalue weighted by Crippen LogP contribution is -2.41. The first kappa shape index (κ1) is 17.5. The van der Waals surface area contributed by atoms with Crippen molar-refractivity contribution in [3.63, 3.8) is 0 Å². The number of benzene rings is 2. The van der Waals surface area contributed by atoms with Crippen LogP contribution in [0.15, 0.2) is 48.5 Å². The van der Waals surface area contributed by atoms with Gasteiger partial charge in [0.1, 0.15) is 17.0 Å². The van der Waals surface area contributed by atoms with Gasteiger partial charge in [0.15, 0.2) is 0 Å². The predicted octanol–water partition coefficient (Wildman–Crippen LogP) is 3.44. The van der Waals surface area contributed by atoms with Crippen LogP contribution >= 0.6 is 0 Å². The lowest BCUT2D eigenvalue weighted by atomic mass is 9.90. The Morgan fingerprint density at radius 3 is 2.00 bits per heavy atom. The smallest absolute Gasteiger partial charge is 0.239 e. The zero-order valence-electron chi connectivity index (χ0n) is 13.7. The summed E-state index contributed by atoms with van der Waals surface area (Å²) in [6.45, 7) is 2.93. The van der Waals surface area contributed by atoms with Crippen LogP contribution in [-0.4, -0.2) is 18.9 Å². The molecular formula is C18H19FN2O3. The molecule has 0 aliphatic carbocycles. The normalized spacial score (nSPS) is 10.8. The van der Waals surface area contributed by atoms with E-state index in [9.17, 15) is 14.0 Å². The zero-order valence-corrected chi connectivity index (χ0v) is 13.7. The fraction of sp³-hybridized carbons (Fsp3) is 0.222. The van der Waals surface area contributed by atoms with Crippen molar-refractivity contribution in [1.29, 1.82) is 0 Å². The highest BCUT2D eigenvalue weighted by Gasteiger charge is 2.36. The summed E-state index contributed by atoms with van der Waals surface area (Å²) in [7, 11) is 1.49. The summed E-state index contributed by atoms with van der Waals surface area (Å²) in [6.07, 6.45) is 0. The van der Waals surface area contributed by atoms with Gasteiger partial charge < -0.3 is 15.4 Å². The number of methoxy groups -OCH3 is 1. The van der Waals surface area contributed by atoms with E-state index in [2.05, 4.69) is 10.6 Å². The van der Waals surface area contributed by atoms with Gasteiger partial charge in [-0.3, -0.25) is 9.59 Å². The van der Waals surface area contributed by atoms with Gasteiger partial charge in [-0.1, -0.05) is 24.3 Å². The first-order chi connectivity index (χ1) is 11.4. The number of hydrogen-bond donors (Lipinski definition) is 2. The maximum atomic E-state index is 13.7. The van der Waals surface area contributed by atoms with E-state index in [1.54, 1.807) is 30.3 Å². The fourth-order valence-electron chi connectivity index (χ4n) is 1.97. The minimum atomic E-state index is -1.41. The van der Waals surface area contributed by atoms with Crippen molar-refractivity contribution < 1.29 is 18.7 Å². The van der Waals surface area contributed by atoms with Crippen molar-refractivity contribution in [2.45, 2.75) is 13.8 Å². The fourth-order valence-corrected chi connectivity index (χ4v) is 1.97. The molecular weight excluding hydrogens is 311 g/mol. The molecule has 6 heteroatoms. The van der Waals surface area contributed by atoms with Crippen LogP contribution in [-0.2, 0) is 9.59 Å². The first-order valence-corrected chi connectivity index (χ1v) is 7.36. The van der Waals surface area contributed by atoms with Crippen LogP contribution in [0.4, 0.5) is 15.8 Å². The van der Waals surface area contributed by atoms with Crippen LogP contribution in [0.5, 0.6) is 5.75 Å². The Bertz CT molecular complexity index is 759. The monoisotopic (exact) mass is 330 g/mol. The van der Waals surface area contributed by atoms with Gasteiger partial charge >= 0.3 is 0 Å². The van der Waals surface area contributed by atoms with Crippen LogP contribution in [0.2, 0.25) is 0 Å². The Hall–Kier alpha value is -2.89. The predicted molar refractivity (Wildman–Crippen MR) is 90.4 cm³/mol. The van der Waals surface area contributed by atoms with Crippen molar-refractivity contribution in [3.8, 4) is 5.75 Å². The van der Waals surface area contributed by atoms with Gasteiger partial charge in [-0.05, 0) is 38.1 Å². The third-order valence-electron chi connectivity index (χ3n) is 3.61. The maximum absolute atomic E-state index is 13.7. The number of amides is 2. The second-order valence-electron chi connectivity index (χ2n) is 5.71. The van der Waals surface area contributed by atoms with Gasteiger partial charge in [-0.25, -0.2) is 4.39 Å². The molecule has 0 fully saturated rings. The summed E-state index contributed by atoms with van der Waals surface area (Å²) in [5, 5.41) is 5.10. The van der Waals surface area contributed by atoms with Gasteiger partial charge in [0.05, 0.1) is 18.5 Å². The summed E-state index contributed by atoms with van der Waals surface area (Å²) in [5.74, 6) is -1.22. The van der Waals surface area contributed by atoms with Crippen LogP contribution in [0, 0.1) is 11.2 Å². The summed E-state index contributed by atoms with van der Waals surface area (Å²) in [4.78, 5) is 24.9. The minimum Gasteiger partial charge on any atom is -0.495 e. The van der Waals surface area contributed by atoms with Crippen LogP contribution in [0.25, 0.3) is 0 Å². The second-order valence-corrected chi connectivity index (χ2v) is 5.71. The van der Waals surface area contributed by atoms with Gasteiger partial charge in [0, 0.05) is 0 Å². The average molecular weight is 330 g/mol. The molecule has 0 aromatic heterocycles. The highest BCUT2D eigenvalue weighted by atomic mass is 19.1. The van der Waals surface area contributed by atoms with Gasteiger partial charge in [-0.15, -0.1) is 0 Å². The molecule has 2 aromatic rings. The number of hydrogen-bond acceptors (Lipinski definition) is 3. The van der Waals surface area contributed by atoms with Gasteiger partial charge in [-0.2, -0.15) is 0 Å². The quantitative estimate of drug-likeness (QED) is 0.825. The van der Waals surface area contributed by atoms with Gasteiger partial charge in [0.25, 0.3) is 0 Å². The van der Waals surface area contributed by atoms with Crippen molar-refractivity contribution in [3.05, 3.63) is 54.3 Å². The summed E-state index contributed by atoms with van der Waals surface area (Å²) in [5.41, 5.74) is -0.930. The topological polar surface area (TPSA) is 67.4 Å². The minimum absolute atomic E-state index is 0.0284. The Labute approximate surface area is 139 Å². The summed E-state index contributed by atoms with van der Waals surface area (Å²) >= 11 is 0. The summed E-state index contributed by atoms with van der Waals surface area (Å²) < 4.78 is 18.8. The molecule has 0 aliphatic heterocycles. The van der Waals surface area contributed by atoms with E-state index in [1.165, 1.54) is 39.2 Å². The molecule has 0 heterocycles. The number of para-hydroxylation sites is 3. The molecule has 2 rings (SSSR count). The van der Waals surface area contributed by atoms with Crippen molar-refractivity contribution in [2.75, 3.05) is 17.7 Å². The van der Waals surface area contributed by atoms with Crippen LogP contribution < -0.4 is 15.4 Å². The molecule has 0 atom stereocenters. The van der Waals surface area contributed by atoms with Crippen molar-refractivity contribution in [2.24, 2.45) is 5.41 Å². The Kier molecular flexibility index (Phi) is 5.18. The number of rotatable bonds is 5. The average Bonchev–Trinajstić information content (AvgIpc) is 2.57. The number of ether oxygens (including phenoxy) is 1.